The van der Waals surface area contributed by atoms with Crippen LogP contribution < -0.4 is 5.32 Å². The Bertz CT molecular complexity index is 393. The average Bonchev–Trinajstić information content (AvgIpc) is 2.27. The third-order valence-electron chi connectivity index (χ3n) is 2.47. The first-order chi connectivity index (χ1) is 7.20. The van der Waals surface area contributed by atoms with Crippen molar-refractivity contribution in [2.75, 3.05) is 7.11 Å². The molecule has 0 bridgehead atoms. The van der Waals surface area contributed by atoms with Crippen LogP contribution in [0.25, 0.3) is 0 Å². The standard InChI is InChI=1S/C11H11NO3/c1-15-11(14)8-2-4-9-7(6-8)3-5-10(13)12-9/h2-7,9H,1H3,(H,12,13). The van der Waals surface area contributed by atoms with E-state index in [9.17, 15) is 9.59 Å². The van der Waals surface area contributed by atoms with Crippen LogP contribution in [0.1, 0.15) is 0 Å². The lowest BCUT2D eigenvalue weighted by Crippen LogP contribution is -2.41. The minimum atomic E-state index is -0.352. The molecule has 4 heteroatoms. The molecule has 1 amide bonds. The predicted octanol–water partition coefficient (Wildman–Crippen LogP) is 0.326. The molecule has 4 nitrogen and oxygen atoms in total. The van der Waals surface area contributed by atoms with E-state index in [1.54, 1.807) is 24.3 Å². The molecule has 15 heavy (non-hydrogen) atoms. The number of fused-ring (bicyclic) bond motifs is 1. The van der Waals surface area contributed by atoms with Crippen LogP contribution in [0, 0.1) is 5.92 Å². The van der Waals surface area contributed by atoms with Gasteiger partial charge in [0.25, 0.3) is 0 Å². The molecule has 2 rings (SSSR count). The van der Waals surface area contributed by atoms with Gasteiger partial charge in [-0.3, -0.25) is 4.79 Å². The van der Waals surface area contributed by atoms with E-state index in [0.29, 0.717) is 5.57 Å². The van der Waals surface area contributed by atoms with Crippen molar-refractivity contribution in [2.45, 2.75) is 6.04 Å². The molecule has 2 atom stereocenters. The lowest BCUT2D eigenvalue weighted by molar-refractivity contribution is -0.135. The largest absolute Gasteiger partial charge is 0.465 e. The molecule has 1 N–H and O–H groups in total. The van der Waals surface area contributed by atoms with Crippen LogP contribution in [0.5, 0.6) is 0 Å². The summed E-state index contributed by atoms with van der Waals surface area (Å²) in [6.07, 6.45) is 8.54. The summed E-state index contributed by atoms with van der Waals surface area (Å²) in [4.78, 5) is 22.3. The molecule has 1 heterocycles. The lowest BCUT2D eigenvalue weighted by Gasteiger charge is -2.26. The molecule has 0 aromatic carbocycles. The van der Waals surface area contributed by atoms with Crippen molar-refractivity contribution < 1.29 is 14.3 Å². The zero-order chi connectivity index (χ0) is 10.8. The second-order valence-corrected chi connectivity index (χ2v) is 3.44. The average molecular weight is 205 g/mol. The van der Waals surface area contributed by atoms with Crippen molar-refractivity contribution in [2.24, 2.45) is 5.92 Å². The summed E-state index contributed by atoms with van der Waals surface area (Å²) in [5, 5.41) is 2.79. The number of methoxy groups -OCH3 is 1. The van der Waals surface area contributed by atoms with Crippen molar-refractivity contribution in [3.8, 4) is 0 Å². The number of carbonyl (C=O) groups excluding carboxylic acids is 2. The monoisotopic (exact) mass is 205 g/mol. The SMILES string of the molecule is COC(=O)C1=CC2C=CC(=O)NC2C=C1. The van der Waals surface area contributed by atoms with E-state index in [1.165, 1.54) is 13.2 Å². The van der Waals surface area contributed by atoms with E-state index >= 15 is 0 Å². The maximum Gasteiger partial charge on any atom is 0.337 e. The maximum absolute atomic E-state index is 11.3. The number of rotatable bonds is 1. The Morgan fingerprint density at radius 1 is 1.40 bits per heavy atom. The highest BCUT2D eigenvalue weighted by molar-refractivity contribution is 5.93. The molecule has 0 aromatic heterocycles. The van der Waals surface area contributed by atoms with E-state index in [0.717, 1.165) is 0 Å². The van der Waals surface area contributed by atoms with E-state index in [1.807, 2.05) is 0 Å². The number of amides is 1. The molecule has 1 aliphatic heterocycles. The molecule has 0 fully saturated rings. The quantitative estimate of drug-likeness (QED) is 0.627. The molecule has 0 saturated carbocycles. The summed E-state index contributed by atoms with van der Waals surface area (Å²) in [6.45, 7) is 0. The minimum absolute atomic E-state index is 0.0433. The van der Waals surface area contributed by atoms with Gasteiger partial charge in [0, 0.05) is 5.92 Å². The number of nitrogens with one attached hydrogen (secondary N) is 1. The van der Waals surface area contributed by atoms with Crippen molar-refractivity contribution in [3.63, 3.8) is 0 Å². The van der Waals surface area contributed by atoms with Crippen molar-refractivity contribution in [1.29, 1.82) is 0 Å². The highest BCUT2D eigenvalue weighted by Gasteiger charge is 2.25. The molecular formula is C11H11NO3. The first-order valence-corrected chi connectivity index (χ1v) is 4.68. The molecule has 0 spiro atoms. The fraction of sp³-hybridized carbons (Fsp3) is 0.273. The highest BCUT2D eigenvalue weighted by atomic mass is 16.5. The molecule has 2 unspecified atom stereocenters. The summed E-state index contributed by atoms with van der Waals surface area (Å²) in [7, 11) is 1.35. The van der Waals surface area contributed by atoms with Gasteiger partial charge < -0.3 is 10.1 Å². The normalized spacial score (nSPS) is 27.8. The van der Waals surface area contributed by atoms with Crippen LogP contribution in [-0.2, 0) is 14.3 Å². The van der Waals surface area contributed by atoms with Gasteiger partial charge in [0.05, 0.1) is 18.7 Å². The van der Waals surface area contributed by atoms with E-state index in [4.69, 9.17) is 0 Å². The lowest BCUT2D eigenvalue weighted by atomic mass is 9.89. The zero-order valence-electron chi connectivity index (χ0n) is 8.27. The second-order valence-electron chi connectivity index (χ2n) is 3.44. The Balaban J connectivity index is 2.22. The molecule has 1 aliphatic carbocycles. The van der Waals surface area contributed by atoms with Crippen LogP contribution in [0.3, 0.4) is 0 Å². The van der Waals surface area contributed by atoms with E-state index in [2.05, 4.69) is 10.1 Å². The molecule has 0 aromatic rings. The van der Waals surface area contributed by atoms with Gasteiger partial charge in [-0.25, -0.2) is 4.79 Å². The fourth-order valence-corrected chi connectivity index (χ4v) is 1.69. The number of hydrogen-bond acceptors (Lipinski definition) is 3. The summed E-state index contributed by atoms with van der Waals surface area (Å²) in [5.41, 5.74) is 0.527. The number of hydrogen-bond donors (Lipinski definition) is 1. The summed E-state index contributed by atoms with van der Waals surface area (Å²) < 4.78 is 4.62. The van der Waals surface area contributed by atoms with Crippen molar-refractivity contribution >= 4 is 11.9 Å². The van der Waals surface area contributed by atoms with Crippen LogP contribution in [0.15, 0.2) is 36.0 Å². The van der Waals surface area contributed by atoms with Gasteiger partial charge in [0.15, 0.2) is 0 Å². The van der Waals surface area contributed by atoms with E-state index in [-0.39, 0.29) is 23.8 Å². The Morgan fingerprint density at radius 3 is 2.93 bits per heavy atom. The topological polar surface area (TPSA) is 55.4 Å². The highest BCUT2D eigenvalue weighted by Crippen LogP contribution is 2.21. The Hall–Kier alpha value is -1.84. The van der Waals surface area contributed by atoms with E-state index < -0.39 is 0 Å². The predicted molar refractivity (Wildman–Crippen MR) is 53.8 cm³/mol. The summed E-state index contributed by atoms with van der Waals surface area (Å²) in [6, 6.07) is -0.0455. The number of carbonyl (C=O) groups is 2. The molecule has 0 radical (unpaired) electrons. The fourth-order valence-electron chi connectivity index (χ4n) is 1.69. The number of ether oxygens (including phenoxy) is 1. The molecular weight excluding hydrogens is 194 g/mol. The van der Waals surface area contributed by atoms with Gasteiger partial charge in [-0.2, -0.15) is 0 Å². The Labute approximate surface area is 87.3 Å². The third-order valence-corrected chi connectivity index (χ3v) is 2.47. The first kappa shape index (κ1) is 9.71. The molecule has 0 saturated heterocycles. The van der Waals surface area contributed by atoms with Crippen molar-refractivity contribution in [1.82, 2.24) is 5.32 Å². The molecule has 2 aliphatic rings. The summed E-state index contributed by atoms with van der Waals surface area (Å²) in [5.74, 6) is -0.410. The van der Waals surface area contributed by atoms with Gasteiger partial charge in [-0.1, -0.05) is 18.2 Å². The Morgan fingerprint density at radius 2 is 2.20 bits per heavy atom. The van der Waals surface area contributed by atoms with Crippen LogP contribution in [0.2, 0.25) is 0 Å². The molecule has 78 valence electrons. The minimum Gasteiger partial charge on any atom is -0.465 e. The van der Waals surface area contributed by atoms with Crippen LogP contribution in [-0.4, -0.2) is 25.0 Å². The number of esters is 1. The maximum atomic E-state index is 11.3. The van der Waals surface area contributed by atoms with Crippen LogP contribution >= 0.6 is 0 Å². The summed E-state index contributed by atoms with van der Waals surface area (Å²) >= 11 is 0. The zero-order valence-corrected chi connectivity index (χ0v) is 8.27. The third kappa shape index (κ3) is 1.83. The van der Waals surface area contributed by atoms with Gasteiger partial charge >= 0.3 is 5.97 Å². The van der Waals surface area contributed by atoms with Crippen LogP contribution in [0.4, 0.5) is 0 Å². The van der Waals surface area contributed by atoms with Gasteiger partial charge in [-0.15, -0.1) is 0 Å². The van der Waals surface area contributed by atoms with Gasteiger partial charge in [0.2, 0.25) is 5.91 Å². The van der Waals surface area contributed by atoms with Gasteiger partial charge in [-0.05, 0) is 12.2 Å². The first-order valence-electron chi connectivity index (χ1n) is 4.68. The smallest absolute Gasteiger partial charge is 0.337 e. The Kier molecular flexibility index (Phi) is 2.41. The van der Waals surface area contributed by atoms with Gasteiger partial charge in [0.1, 0.15) is 0 Å². The van der Waals surface area contributed by atoms with Crippen molar-refractivity contribution in [3.05, 3.63) is 36.0 Å². The second kappa shape index (κ2) is 3.73.